The lowest BCUT2D eigenvalue weighted by molar-refractivity contribution is 0.466. The first-order valence-electron chi connectivity index (χ1n) is 5.94. The van der Waals surface area contributed by atoms with Crippen LogP contribution in [-0.2, 0) is 13.0 Å². The Morgan fingerprint density at radius 1 is 1.35 bits per heavy atom. The van der Waals surface area contributed by atoms with E-state index >= 15 is 0 Å². The molecule has 17 heavy (non-hydrogen) atoms. The zero-order valence-electron chi connectivity index (χ0n) is 10.1. The van der Waals surface area contributed by atoms with Crippen molar-refractivity contribution < 1.29 is 0 Å². The molecule has 1 atom stereocenters. The second kappa shape index (κ2) is 4.12. The summed E-state index contributed by atoms with van der Waals surface area (Å²) in [4.78, 5) is 0. The SMILES string of the molecule is Cc1nn(CC2Cc3ccccc32)c(C)c1I. The molecule has 1 aliphatic rings. The van der Waals surface area contributed by atoms with Crippen LogP contribution in [0.3, 0.4) is 0 Å². The fraction of sp³-hybridized carbons (Fsp3) is 0.357. The zero-order valence-corrected chi connectivity index (χ0v) is 12.2. The molecule has 2 aromatic rings. The molecule has 0 saturated heterocycles. The van der Waals surface area contributed by atoms with Gasteiger partial charge in [0.25, 0.3) is 0 Å². The molecule has 0 aliphatic heterocycles. The molecule has 88 valence electrons. The monoisotopic (exact) mass is 338 g/mol. The van der Waals surface area contributed by atoms with E-state index in [-0.39, 0.29) is 0 Å². The van der Waals surface area contributed by atoms with Crippen molar-refractivity contribution in [1.29, 1.82) is 0 Å². The van der Waals surface area contributed by atoms with Crippen LogP contribution in [0, 0.1) is 17.4 Å². The first kappa shape index (κ1) is 11.3. The van der Waals surface area contributed by atoms with Gasteiger partial charge < -0.3 is 0 Å². The lowest BCUT2D eigenvalue weighted by Gasteiger charge is -2.30. The molecule has 1 heterocycles. The molecule has 0 spiro atoms. The van der Waals surface area contributed by atoms with Crippen LogP contribution < -0.4 is 0 Å². The molecule has 0 radical (unpaired) electrons. The molecule has 0 fully saturated rings. The van der Waals surface area contributed by atoms with Gasteiger partial charge in [-0.3, -0.25) is 4.68 Å². The molecule has 0 amide bonds. The minimum atomic E-state index is 0.653. The van der Waals surface area contributed by atoms with Crippen molar-refractivity contribution in [3.63, 3.8) is 0 Å². The minimum absolute atomic E-state index is 0.653. The maximum atomic E-state index is 4.61. The fourth-order valence-electron chi connectivity index (χ4n) is 2.59. The molecular formula is C14H15IN2. The van der Waals surface area contributed by atoms with Crippen molar-refractivity contribution in [1.82, 2.24) is 9.78 Å². The molecule has 1 aromatic heterocycles. The number of aromatic nitrogens is 2. The van der Waals surface area contributed by atoms with Gasteiger partial charge in [-0.1, -0.05) is 24.3 Å². The summed E-state index contributed by atoms with van der Waals surface area (Å²) in [6.07, 6.45) is 1.20. The fourth-order valence-corrected chi connectivity index (χ4v) is 2.97. The Labute approximate surface area is 115 Å². The molecule has 3 rings (SSSR count). The third-order valence-electron chi connectivity index (χ3n) is 3.65. The van der Waals surface area contributed by atoms with Crippen molar-refractivity contribution >= 4 is 22.6 Å². The van der Waals surface area contributed by atoms with E-state index in [1.54, 1.807) is 0 Å². The van der Waals surface area contributed by atoms with E-state index in [0.717, 1.165) is 12.2 Å². The van der Waals surface area contributed by atoms with E-state index < -0.39 is 0 Å². The van der Waals surface area contributed by atoms with Gasteiger partial charge in [0.05, 0.1) is 9.26 Å². The second-order valence-corrected chi connectivity index (χ2v) is 5.85. The third-order valence-corrected chi connectivity index (χ3v) is 5.21. The Kier molecular flexibility index (Phi) is 2.73. The summed E-state index contributed by atoms with van der Waals surface area (Å²) in [5.74, 6) is 0.653. The molecule has 0 bridgehead atoms. The molecule has 0 saturated carbocycles. The molecular weight excluding hydrogens is 323 g/mol. The largest absolute Gasteiger partial charge is 0.268 e. The zero-order chi connectivity index (χ0) is 12.0. The number of nitrogens with zero attached hydrogens (tertiary/aromatic N) is 2. The van der Waals surface area contributed by atoms with E-state index in [9.17, 15) is 0 Å². The normalized spacial score (nSPS) is 17.7. The summed E-state index contributed by atoms with van der Waals surface area (Å²) in [7, 11) is 0. The average Bonchev–Trinajstić information content (AvgIpc) is 2.54. The summed E-state index contributed by atoms with van der Waals surface area (Å²) in [6.45, 7) is 5.26. The van der Waals surface area contributed by atoms with Gasteiger partial charge in [-0.2, -0.15) is 5.10 Å². The van der Waals surface area contributed by atoms with Gasteiger partial charge in [0.15, 0.2) is 0 Å². The van der Waals surface area contributed by atoms with E-state index in [2.05, 4.69) is 70.5 Å². The molecule has 2 nitrogen and oxygen atoms in total. The second-order valence-electron chi connectivity index (χ2n) is 4.77. The van der Waals surface area contributed by atoms with Crippen LogP contribution in [0.4, 0.5) is 0 Å². The quantitative estimate of drug-likeness (QED) is 0.767. The van der Waals surface area contributed by atoms with Gasteiger partial charge in [-0.15, -0.1) is 0 Å². The van der Waals surface area contributed by atoms with E-state index in [1.165, 1.54) is 26.8 Å². The van der Waals surface area contributed by atoms with Crippen LogP contribution in [-0.4, -0.2) is 9.78 Å². The van der Waals surface area contributed by atoms with Crippen molar-refractivity contribution in [3.8, 4) is 0 Å². The maximum Gasteiger partial charge on any atom is 0.0729 e. The summed E-state index contributed by atoms with van der Waals surface area (Å²) in [6, 6.07) is 8.74. The van der Waals surface area contributed by atoms with E-state index in [1.807, 2.05) is 0 Å². The van der Waals surface area contributed by atoms with Crippen molar-refractivity contribution in [3.05, 3.63) is 50.4 Å². The standard InChI is InChI=1S/C14H15IN2/c1-9-14(15)10(2)17(16-9)8-12-7-11-5-3-4-6-13(11)12/h3-6,12H,7-8H2,1-2H3. The first-order chi connectivity index (χ1) is 8.16. The van der Waals surface area contributed by atoms with Gasteiger partial charge >= 0.3 is 0 Å². The number of hydrogen-bond acceptors (Lipinski definition) is 1. The van der Waals surface area contributed by atoms with Crippen LogP contribution in [0.15, 0.2) is 24.3 Å². The van der Waals surface area contributed by atoms with Crippen LogP contribution in [0.2, 0.25) is 0 Å². The molecule has 1 unspecified atom stereocenters. The van der Waals surface area contributed by atoms with Gasteiger partial charge in [0.2, 0.25) is 0 Å². The molecule has 3 heteroatoms. The number of benzene rings is 1. The summed E-state index contributed by atoms with van der Waals surface area (Å²) >= 11 is 2.38. The molecule has 1 aliphatic carbocycles. The average molecular weight is 338 g/mol. The maximum absolute atomic E-state index is 4.61. The highest BCUT2D eigenvalue weighted by atomic mass is 127. The first-order valence-corrected chi connectivity index (χ1v) is 7.02. The van der Waals surface area contributed by atoms with Crippen LogP contribution in [0.25, 0.3) is 0 Å². The van der Waals surface area contributed by atoms with E-state index in [0.29, 0.717) is 5.92 Å². The minimum Gasteiger partial charge on any atom is -0.268 e. The Hall–Kier alpha value is -0.840. The number of aryl methyl sites for hydroxylation is 1. The Bertz CT molecular complexity index is 572. The lowest BCUT2D eigenvalue weighted by Crippen LogP contribution is -2.23. The number of rotatable bonds is 2. The third kappa shape index (κ3) is 1.80. The summed E-state index contributed by atoms with van der Waals surface area (Å²) < 4.78 is 3.47. The predicted molar refractivity (Wildman–Crippen MR) is 77.3 cm³/mol. The highest BCUT2D eigenvalue weighted by Gasteiger charge is 2.26. The highest BCUT2D eigenvalue weighted by molar-refractivity contribution is 14.1. The Balaban J connectivity index is 1.84. The van der Waals surface area contributed by atoms with Crippen molar-refractivity contribution in [2.45, 2.75) is 32.7 Å². The highest BCUT2D eigenvalue weighted by Crippen LogP contribution is 2.36. The lowest BCUT2D eigenvalue weighted by atomic mass is 9.77. The van der Waals surface area contributed by atoms with Crippen LogP contribution >= 0.6 is 22.6 Å². The Morgan fingerprint density at radius 2 is 2.12 bits per heavy atom. The van der Waals surface area contributed by atoms with Crippen LogP contribution in [0.5, 0.6) is 0 Å². The number of hydrogen-bond donors (Lipinski definition) is 0. The van der Waals surface area contributed by atoms with Crippen molar-refractivity contribution in [2.75, 3.05) is 0 Å². The van der Waals surface area contributed by atoms with Gasteiger partial charge in [0, 0.05) is 18.2 Å². The van der Waals surface area contributed by atoms with Gasteiger partial charge in [-0.05, 0) is 54.0 Å². The van der Waals surface area contributed by atoms with Crippen LogP contribution in [0.1, 0.15) is 28.4 Å². The number of halogens is 1. The van der Waals surface area contributed by atoms with Crippen molar-refractivity contribution in [2.24, 2.45) is 0 Å². The summed E-state index contributed by atoms with van der Waals surface area (Å²) in [5, 5.41) is 4.61. The summed E-state index contributed by atoms with van der Waals surface area (Å²) in [5.41, 5.74) is 5.46. The molecule has 1 aromatic carbocycles. The predicted octanol–water partition coefficient (Wildman–Crippen LogP) is 3.44. The van der Waals surface area contributed by atoms with Gasteiger partial charge in [0.1, 0.15) is 0 Å². The Morgan fingerprint density at radius 3 is 2.76 bits per heavy atom. The van der Waals surface area contributed by atoms with E-state index in [4.69, 9.17) is 0 Å². The smallest absolute Gasteiger partial charge is 0.0729 e. The topological polar surface area (TPSA) is 17.8 Å². The van der Waals surface area contributed by atoms with Gasteiger partial charge in [-0.25, -0.2) is 0 Å². The number of fused-ring (bicyclic) bond motifs is 1. The molecule has 0 N–H and O–H groups in total.